The number of hydrogen-bond acceptors (Lipinski definition) is 5. The average molecular weight is 586 g/mol. The van der Waals surface area contributed by atoms with E-state index in [1.807, 2.05) is 0 Å². The molecule has 6 heteroatoms. The van der Waals surface area contributed by atoms with Gasteiger partial charge in [0, 0.05) is 0 Å². The van der Waals surface area contributed by atoms with Crippen LogP contribution in [0.4, 0.5) is 0 Å². The van der Waals surface area contributed by atoms with Gasteiger partial charge in [-0.25, -0.2) is 0 Å². The van der Waals surface area contributed by atoms with Crippen LogP contribution in [0.5, 0.6) is 0 Å². The van der Waals surface area contributed by atoms with E-state index in [1.54, 1.807) is 0 Å². The largest absolute Gasteiger partial charge is 0.394 e. The van der Waals surface area contributed by atoms with Crippen LogP contribution < -0.4 is 5.32 Å². The molecule has 1 amide bonds. The fraction of sp³-hybridized carbons (Fsp3) is 0.971. The number of amides is 1. The highest BCUT2D eigenvalue weighted by Crippen LogP contribution is 2.16. The van der Waals surface area contributed by atoms with E-state index in [1.165, 1.54) is 122 Å². The standard InChI is InChI=1S/C35H71NO5/c1-3-5-7-9-11-13-15-16-17-18-19-21-23-25-27-29-33(39)35(41)36-31(30-37)34(40)32(38)28-26-24-22-20-14-12-10-8-6-4-2/h31-34,37-40H,3-30H2,1-2H3,(H,36,41). The number of hydrogen-bond donors (Lipinski definition) is 5. The van der Waals surface area contributed by atoms with Crippen molar-refractivity contribution in [1.29, 1.82) is 0 Å². The molecule has 0 fully saturated rings. The SMILES string of the molecule is CCCCCCCCCCCCCCCCCC(O)C(=O)NC(CO)C(O)C(O)CCCCCCCCCCCC. The smallest absolute Gasteiger partial charge is 0.249 e. The lowest BCUT2D eigenvalue weighted by Gasteiger charge is -2.27. The number of rotatable bonds is 32. The molecule has 0 aliphatic rings. The van der Waals surface area contributed by atoms with Gasteiger partial charge in [0.25, 0.3) is 0 Å². The third kappa shape index (κ3) is 25.5. The Hall–Kier alpha value is -0.690. The summed E-state index contributed by atoms with van der Waals surface area (Å²) in [6.45, 7) is 4.01. The Morgan fingerprint density at radius 1 is 0.512 bits per heavy atom. The topological polar surface area (TPSA) is 110 Å². The highest BCUT2D eigenvalue weighted by atomic mass is 16.3. The normalized spacial score (nSPS) is 14.6. The second kappa shape index (κ2) is 30.8. The van der Waals surface area contributed by atoms with Crippen LogP contribution in [0.1, 0.15) is 187 Å². The van der Waals surface area contributed by atoms with Gasteiger partial charge in [-0.2, -0.15) is 0 Å². The van der Waals surface area contributed by atoms with Crippen molar-refractivity contribution >= 4 is 5.91 Å². The number of aliphatic hydroxyl groups is 4. The van der Waals surface area contributed by atoms with Crippen molar-refractivity contribution in [3.8, 4) is 0 Å². The van der Waals surface area contributed by atoms with Crippen LogP contribution >= 0.6 is 0 Å². The minimum atomic E-state index is -1.25. The third-order valence-corrected chi connectivity index (χ3v) is 8.57. The van der Waals surface area contributed by atoms with E-state index in [-0.39, 0.29) is 0 Å². The summed E-state index contributed by atoms with van der Waals surface area (Å²) >= 11 is 0. The maximum atomic E-state index is 12.4. The molecule has 4 atom stereocenters. The van der Waals surface area contributed by atoms with E-state index < -0.39 is 36.9 Å². The van der Waals surface area contributed by atoms with Gasteiger partial charge in [0.2, 0.25) is 5.91 Å². The van der Waals surface area contributed by atoms with Gasteiger partial charge in [0.05, 0.1) is 18.8 Å². The van der Waals surface area contributed by atoms with Gasteiger partial charge in [-0.05, 0) is 12.8 Å². The number of nitrogens with one attached hydrogen (secondary N) is 1. The van der Waals surface area contributed by atoms with Crippen molar-refractivity contribution in [2.24, 2.45) is 0 Å². The molecular formula is C35H71NO5. The van der Waals surface area contributed by atoms with E-state index in [4.69, 9.17) is 0 Å². The Morgan fingerprint density at radius 3 is 1.17 bits per heavy atom. The summed E-state index contributed by atoms with van der Waals surface area (Å²) < 4.78 is 0. The number of carbonyl (C=O) groups excluding carboxylic acids is 1. The lowest BCUT2D eigenvalue weighted by atomic mass is 9.99. The summed E-state index contributed by atoms with van der Waals surface area (Å²) in [7, 11) is 0. The first-order valence-electron chi connectivity index (χ1n) is 17.9. The van der Waals surface area contributed by atoms with Crippen molar-refractivity contribution in [2.75, 3.05) is 6.61 Å². The molecule has 41 heavy (non-hydrogen) atoms. The predicted octanol–water partition coefficient (Wildman–Crippen LogP) is 8.12. The summed E-state index contributed by atoms with van der Waals surface area (Å²) in [4.78, 5) is 12.4. The molecule has 4 unspecified atom stereocenters. The molecule has 0 aromatic carbocycles. The monoisotopic (exact) mass is 586 g/mol. The summed E-state index contributed by atoms with van der Waals surface area (Å²) in [5, 5.41) is 43.3. The van der Waals surface area contributed by atoms with Crippen molar-refractivity contribution in [1.82, 2.24) is 5.32 Å². The number of unbranched alkanes of at least 4 members (excludes halogenated alkanes) is 23. The molecule has 0 saturated carbocycles. The van der Waals surface area contributed by atoms with Crippen molar-refractivity contribution in [3.05, 3.63) is 0 Å². The van der Waals surface area contributed by atoms with Crippen molar-refractivity contribution < 1.29 is 25.2 Å². The maximum absolute atomic E-state index is 12.4. The molecule has 0 heterocycles. The van der Waals surface area contributed by atoms with Crippen molar-refractivity contribution in [2.45, 2.75) is 212 Å². The van der Waals surface area contributed by atoms with Gasteiger partial charge in [-0.3, -0.25) is 4.79 Å². The van der Waals surface area contributed by atoms with E-state index in [9.17, 15) is 25.2 Å². The van der Waals surface area contributed by atoms with Gasteiger partial charge < -0.3 is 25.7 Å². The van der Waals surface area contributed by atoms with Crippen LogP contribution in [-0.2, 0) is 4.79 Å². The lowest BCUT2D eigenvalue weighted by molar-refractivity contribution is -0.132. The molecule has 246 valence electrons. The Bertz CT molecular complexity index is 547. The lowest BCUT2D eigenvalue weighted by Crippen LogP contribution is -2.53. The first-order chi connectivity index (χ1) is 20.0. The second-order valence-corrected chi connectivity index (χ2v) is 12.6. The summed E-state index contributed by atoms with van der Waals surface area (Å²) in [6, 6.07) is -0.976. The first kappa shape index (κ1) is 40.3. The molecule has 0 aliphatic heterocycles. The number of carbonyl (C=O) groups is 1. The molecule has 0 bridgehead atoms. The zero-order chi connectivity index (χ0) is 30.4. The van der Waals surface area contributed by atoms with Gasteiger partial charge in [0.1, 0.15) is 12.2 Å². The Morgan fingerprint density at radius 2 is 0.829 bits per heavy atom. The molecular weight excluding hydrogens is 514 g/mol. The zero-order valence-electron chi connectivity index (χ0n) is 27.3. The minimum absolute atomic E-state index is 0.374. The average Bonchev–Trinajstić information content (AvgIpc) is 2.98. The fourth-order valence-corrected chi connectivity index (χ4v) is 5.64. The molecule has 5 N–H and O–H groups in total. The molecule has 0 aromatic heterocycles. The molecule has 0 aromatic rings. The maximum Gasteiger partial charge on any atom is 0.249 e. The number of aliphatic hydroxyl groups excluding tert-OH is 4. The van der Waals surface area contributed by atoms with E-state index in [0.717, 1.165) is 38.5 Å². The van der Waals surface area contributed by atoms with Gasteiger partial charge in [-0.1, -0.05) is 174 Å². The summed E-state index contributed by atoms with van der Waals surface area (Å²) in [5.41, 5.74) is 0. The molecule has 0 radical (unpaired) electrons. The summed E-state index contributed by atoms with van der Waals surface area (Å²) in [6.07, 6.45) is 28.4. The molecule has 0 spiro atoms. The van der Waals surface area contributed by atoms with Crippen LogP contribution in [0.3, 0.4) is 0 Å². The van der Waals surface area contributed by atoms with Gasteiger partial charge in [-0.15, -0.1) is 0 Å². The van der Waals surface area contributed by atoms with Crippen LogP contribution in [0, 0.1) is 0 Å². The predicted molar refractivity (Wildman–Crippen MR) is 173 cm³/mol. The molecule has 6 nitrogen and oxygen atoms in total. The zero-order valence-corrected chi connectivity index (χ0v) is 27.3. The van der Waals surface area contributed by atoms with Crippen LogP contribution in [0.2, 0.25) is 0 Å². The Kier molecular flexibility index (Phi) is 30.2. The van der Waals surface area contributed by atoms with Crippen LogP contribution in [0.15, 0.2) is 0 Å². The highest BCUT2D eigenvalue weighted by molar-refractivity contribution is 5.80. The second-order valence-electron chi connectivity index (χ2n) is 12.6. The Balaban J connectivity index is 3.79. The van der Waals surface area contributed by atoms with Gasteiger partial charge >= 0.3 is 0 Å². The van der Waals surface area contributed by atoms with E-state index in [0.29, 0.717) is 12.8 Å². The van der Waals surface area contributed by atoms with Crippen LogP contribution in [0.25, 0.3) is 0 Å². The molecule has 0 saturated heterocycles. The van der Waals surface area contributed by atoms with E-state index in [2.05, 4.69) is 19.2 Å². The quantitative estimate of drug-likeness (QED) is 0.0512. The Labute approximate surface area is 254 Å². The molecule has 0 aliphatic carbocycles. The van der Waals surface area contributed by atoms with Crippen LogP contribution in [-0.4, -0.2) is 57.3 Å². The minimum Gasteiger partial charge on any atom is -0.394 e. The first-order valence-corrected chi connectivity index (χ1v) is 17.9. The highest BCUT2D eigenvalue weighted by Gasteiger charge is 2.28. The van der Waals surface area contributed by atoms with E-state index >= 15 is 0 Å². The third-order valence-electron chi connectivity index (χ3n) is 8.57. The van der Waals surface area contributed by atoms with Crippen molar-refractivity contribution in [3.63, 3.8) is 0 Å². The fourth-order valence-electron chi connectivity index (χ4n) is 5.64. The summed E-state index contributed by atoms with van der Waals surface area (Å²) in [5.74, 6) is -0.584. The van der Waals surface area contributed by atoms with Gasteiger partial charge in [0.15, 0.2) is 0 Å². The molecule has 0 rings (SSSR count).